The first kappa shape index (κ1) is 19.4. The van der Waals surface area contributed by atoms with Crippen LogP contribution in [0.1, 0.15) is 51.4 Å². The largest absolute Gasteiger partial charge is 0.481 e. The van der Waals surface area contributed by atoms with Crippen LogP contribution < -0.4 is 0 Å². The summed E-state index contributed by atoms with van der Waals surface area (Å²) in [6, 6.07) is 0. The van der Waals surface area contributed by atoms with Crippen molar-refractivity contribution in [3.8, 4) is 0 Å². The molecule has 1 aliphatic carbocycles. The van der Waals surface area contributed by atoms with Crippen molar-refractivity contribution in [3.63, 3.8) is 0 Å². The van der Waals surface area contributed by atoms with Crippen LogP contribution >= 0.6 is 11.6 Å². The maximum absolute atomic E-state index is 11.6. The highest BCUT2D eigenvalue weighted by atomic mass is 35.5. The fourth-order valence-corrected chi connectivity index (χ4v) is 3.91. The first-order valence-corrected chi connectivity index (χ1v) is 9.28. The number of carboxylic acids is 1. The smallest absolute Gasteiger partial charge is 0.303 e. The van der Waals surface area contributed by atoms with Gasteiger partial charge in [0.1, 0.15) is 6.29 Å². The molecule has 5 atom stereocenters. The predicted octanol–water partition coefficient (Wildman–Crippen LogP) is 3.54. The number of alkyl halides is 1. The van der Waals surface area contributed by atoms with Gasteiger partial charge in [0.05, 0.1) is 6.10 Å². The Labute approximate surface area is 148 Å². The average Bonchev–Trinajstić information content (AvgIpc) is 2.86. The molecule has 0 spiro atoms. The zero-order valence-electron chi connectivity index (χ0n) is 13.9. The maximum atomic E-state index is 11.6. The Balaban J connectivity index is 1.79. The number of carbonyl (C=O) groups is 2. The third-order valence-corrected chi connectivity index (χ3v) is 5.31. The van der Waals surface area contributed by atoms with Crippen molar-refractivity contribution in [2.75, 3.05) is 6.61 Å². The Hall–Kier alpha value is -0.910. The lowest BCUT2D eigenvalue weighted by Gasteiger charge is -2.28. The van der Waals surface area contributed by atoms with E-state index in [2.05, 4.69) is 0 Å². The van der Waals surface area contributed by atoms with Gasteiger partial charge in [-0.25, -0.2) is 0 Å². The van der Waals surface area contributed by atoms with Crippen LogP contribution in [0.2, 0.25) is 0 Å². The molecule has 0 amide bonds. The minimum Gasteiger partial charge on any atom is -0.481 e. The van der Waals surface area contributed by atoms with Gasteiger partial charge < -0.3 is 19.4 Å². The minimum absolute atomic E-state index is 0.0634. The van der Waals surface area contributed by atoms with Crippen molar-refractivity contribution in [1.29, 1.82) is 0 Å². The van der Waals surface area contributed by atoms with Gasteiger partial charge in [-0.3, -0.25) is 4.79 Å². The molecule has 1 unspecified atom stereocenters. The second kappa shape index (κ2) is 10.2. The van der Waals surface area contributed by atoms with Gasteiger partial charge in [-0.05, 0) is 50.9 Å². The normalized spacial score (nSPS) is 33.8. The summed E-state index contributed by atoms with van der Waals surface area (Å²) in [5, 5.41) is 8.52. The van der Waals surface area contributed by atoms with E-state index in [1.54, 1.807) is 0 Å². The number of carbonyl (C=O) groups excluding carboxylic acids is 1. The number of hydrogen-bond donors (Lipinski definition) is 1. The summed E-state index contributed by atoms with van der Waals surface area (Å²) in [7, 11) is 0. The van der Waals surface area contributed by atoms with E-state index in [0.717, 1.165) is 45.0 Å². The van der Waals surface area contributed by atoms with Crippen LogP contribution in [0, 0.1) is 11.8 Å². The van der Waals surface area contributed by atoms with E-state index in [1.807, 2.05) is 12.2 Å². The minimum atomic E-state index is -0.772. The van der Waals surface area contributed by atoms with E-state index < -0.39 is 5.97 Å². The van der Waals surface area contributed by atoms with Crippen molar-refractivity contribution in [3.05, 3.63) is 12.2 Å². The molecule has 6 heteroatoms. The third-order valence-electron chi connectivity index (χ3n) is 4.80. The molecule has 1 saturated heterocycles. The average molecular weight is 359 g/mol. The van der Waals surface area contributed by atoms with Crippen molar-refractivity contribution in [1.82, 2.24) is 0 Å². The second-order valence-electron chi connectivity index (χ2n) is 6.59. The van der Waals surface area contributed by atoms with Crippen LogP contribution in [0.4, 0.5) is 0 Å². The molecular formula is C18H27ClO5. The first-order chi connectivity index (χ1) is 11.6. The van der Waals surface area contributed by atoms with Gasteiger partial charge in [-0.1, -0.05) is 12.2 Å². The van der Waals surface area contributed by atoms with Crippen LogP contribution in [-0.2, 0) is 19.1 Å². The van der Waals surface area contributed by atoms with Crippen LogP contribution in [0.3, 0.4) is 0 Å². The molecular weight excluding hydrogens is 332 g/mol. The Morgan fingerprint density at radius 3 is 2.83 bits per heavy atom. The quantitative estimate of drug-likeness (QED) is 0.295. The summed E-state index contributed by atoms with van der Waals surface area (Å²) in [4.78, 5) is 22.0. The monoisotopic (exact) mass is 358 g/mol. The lowest BCUT2D eigenvalue weighted by atomic mass is 9.92. The Morgan fingerprint density at radius 2 is 2.17 bits per heavy atom. The van der Waals surface area contributed by atoms with Crippen LogP contribution in [-0.4, -0.2) is 41.7 Å². The van der Waals surface area contributed by atoms with Gasteiger partial charge in [0.15, 0.2) is 6.29 Å². The summed E-state index contributed by atoms with van der Waals surface area (Å²) in [6.45, 7) is 0.718. The first-order valence-electron chi connectivity index (χ1n) is 8.85. The van der Waals surface area contributed by atoms with Gasteiger partial charge in [0.25, 0.3) is 0 Å². The van der Waals surface area contributed by atoms with Gasteiger partial charge in [-0.2, -0.15) is 0 Å². The maximum Gasteiger partial charge on any atom is 0.303 e. The van der Waals surface area contributed by atoms with Crippen LogP contribution in [0.5, 0.6) is 0 Å². The third kappa shape index (κ3) is 5.87. The van der Waals surface area contributed by atoms with Gasteiger partial charge in [-0.15, -0.1) is 11.6 Å². The fraction of sp³-hybridized carbons (Fsp3) is 0.778. The van der Waals surface area contributed by atoms with Crippen molar-refractivity contribution < 1.29 is 24.2 Å². The Kier molecular flexibility index (Phi) is 8.22. The predicted molar refractivity (Wildman–Crippen MR) is 91.0 cm³/mol. The lowest BCUT2D eigenvalue weighted by Crippen LogP contribution is -2.31. The van der Waals surface area contributed by atoms with Crippen molar-refractivity contribution in [2.45, 2.75) is 69.1 Å². The van der Waals surface area contributed by atoms with E-state index >= 15 is 0 Å². The molecule has 2 fully saturated rings. The summed E-state index contributed by atoms with van der Waals surface area (Å²) in [5.74, 6) is -0.916. The van der Waals surface area contributed by atoms with E-state index in [9.17, 15) is 9.59 Å². The number of hydrogen-bond acceptors (Lipinski definition) is 4. The summed E-state index contributed by atoms with van der Waals surface area (Å²) >= 11 is 6.45. The number of ether oxygens (including phenoxy) is 2. The molecule has 1 heterocycles. The number of halogens is 1. The molecule has 0 aromatic heterocycles. The zero-order valence-corrected chi connectivity index (χ0v) is 14.7. The van der Waals surface area contributed by atoms with E-state index in [1.165, 1.54) is 0 Å². The Bertz CT molecular complexity index is 433. The van der Waals surface area contributed by atoms with E-state index in [4.69, 9.17) is 26.2 Å². The molecule has 24 heavy (non-hydrogen) atoms. The molecule has 1 saturated carbocycles. The van der Waals surface area contributed by atoms with Gasteiger partial charge in [0.2, 0.25) is 0 Å². The fourth-order valence-electron chi connectivity index (χ4n) is 3.47. The SMILES string of the molecule is O=C[C@@H]1[C@@H](CC=CCCCC(=O)O)[C@H](Cl)C[C@H]1OC1CCCCO1. The number of rotatable bonds is 9. The van der Waals surface area contributed by atoms with E-state index in [0.29, 0.717) is 12.8 Å². The molecule has 5 nitrogen and oxygen atoms in total. The Morgan fingerprint density at radius 1 is 1.33 bits per heavy atom. The summed E-state index contributed by atoms with van der Waals surface area (Å²) in [5.41, 5.74) is 0. The molecule has 1 aliphatic heterocycles. The standard InChI is InChI=1S/C18H27ClO5/c19-15-11-16(24-18-9-5-6-10-23-18)14(12-20)13(15)7-3-1-2-4-8-17(21)22/h1,3,12-16,18H,2,4-11H2,(H,21,22)/t13-,14-,15-,16-,18?/m1/s1. The number of carboxylic acid groups (broad SMARTS) is 1. The number of aldehydes is 1. The molecule has 0 aromatic carbocycles. The molecule has 2 aliphatic rings. The van der Waals surface area contributed by atoms with Gasteiger partial charge in [0, 0.05) is 24.3 Å². The summed E-state index contributed by atoms with van der Waals surface area (Å²) < 4.78 is 11.6. The number of allylic oxidation sites excluding steroid dienone is 2. The van der Waals surface area contributed by atoms with Gasteiger partial charge >= 0.3 is 5.97 Å². The molecule has 136 valence electrons. The second-order valence-corrected chi connectivity index (χ2v) is 7.15. The van der Waals surface area contributed by atoms with Crippen LogP contribution in [0.15, 0.2) is 12.2 Å². The van der Waals surface area contributed by atoms with Crippen molar-refractivity contribution >= 4 is 23.9 Å². The number of aliphatic carboxylic acids is 1. The number of unbranched alkanes of at least 4 members (excludes halogenated alkanes) is 1. The topological polar surface area (TPSA) is 72.8 Å². The zero-order chi connectivity index (χ0) is 17.4. The van der Waals surface area contributed by atoms with Crippen LogP contribution in [0.25, 0.3) is 0 Å². The molecule has 0 aromatic rings. The highest BCUT2D eigenvalue weighted by molar-refractivity contribution is 6.21. The molecule has 1 N–H and O–H groups in total. The molecule has 0 bridgehead atoms. The van der Waals surface area contributed by atoms with Crippen molar-refractivity contribution in [2.24, 2.45) is 11.8 Å². The molecule has 2 rings (SSSR count). The lowest BCUT2D eigenvalue weighted by molar-refractivity contribution is -0.194. The molecule has 0 radical (unpaired) electrons. The summed E-state index contributed by atoms with van der Waals surface area (Å²) in [6.07, 6.45) is 10.5. The highest BCUT2D eigenvalue weighted by Gasteiger charge is 2.43. The van der Waals surface area contributed by atoms with E-state index in [-0.39, 0.29) is 36.0 Å². The highest BCUT2D eigenvalue weighted by Crippen LogP contribution is 2.40.